The lowest BCUT2D eigenvalue weighted by Gasteiger charge is -2.10. The molecule has 0 aliphatic rings. The highest BCUT2D eigenvalue weighted by molar-refractivity contribution is 7.99. The number of amides is 1. The van der Waals surface area contributed by atoms with E-state index in [0.29, 0.717) is 25.2 Å². The molecular formula is C10H19NO4S. The van der Waals surface area contributed by atoms with E-state index in [1.165, 1.54) is 0 Å². The van der Waals surface area contributed by atoms with Crippen molar-refractivity contribution in [3.63, 3.8) is 0 Å². The summed E-state index contributed by atoms with van der Waals surface area (Å²) in [6.07, 6.45) is 1.87. The summed E-state index contributed by atoms with van der Waals surface area (Å²) in [6, 6.07) is -0.776. The van der Waals surface area contributed by atoms with Gasteiger partial charge >= 0.3 is 5.97 Å². The summed E-state index contributed by atoms with van der Waals surface area (Å²) in [5.41, 5.74) is 0. The Bertz CT molecular complexity index is 201. The van der Waals surface area contributed by atoms with Crippen molar-refractivity contribution in [2.45, 2.75) is 25.8 Å². The number of carboxylic acid groups (broad SMARTS) is 1. The summed E-state index contributed by atoms with van der Waals surface area (Å²) in [7, 11) is 0. The Morgan fingerprint density at radius 1 is 1.50 bits per heavy atom. The summed E-state index contributed by atoms with van der Waals surface area (Å²) >= 11 is 1.63. The lowest BCUT2D eigenvalue weighted by atomic mass is 10.2. The van der Waals surface area contributed by atoms with Crippen molar-refractivity contribution >= 4 is 24.1 Å². The molecule has 0 fully saturated rings. The molecule has 94 valence electrons. The van der Waals surface area contributed by atoms with Crippen molar-refractivity contribution in [2.24, 2.45) is 0 Å². The SMILES string of the molecule is CCCOCCSCCC(NC=O)C(=O)O. The first-order chi connectivity index (χ1) is 7.72. The van der Waals surface area contributed by atoms with Gasteiger partial charge in [0.25, 0.3) is 0 Å². The number of carbonyl (C=O) groups excluding carboxylic acids is 1. The molecule has 0 heterocycles. The first kappa shape index (κ1) is 15.2. The second-order valence-corrected chi connectivity index (χ2v) is 4.41. The Morgan fingerprint density at radius 2 is 2.25 bits per heavy atom. The van der Waals surface area contributed by atoms with Crippen molar-refractivity contribution < 1.29 is 19.4 Å². The highest BCUT2D eigenvalue weighted by atomic mass is 32.2. The van der Waals surface area contributed by atoms with E-state index < -0.39 is 12.0 Å². The van der Waals surface area contributed by atoms with E-state index in [0.717, 1.165) is 18.8 Å². The lowest BCUT2D eigenvalue weighted by Crippen LogP contribution is -2.36. The maximum atomic E-state index is 10.6. The van der Waals surface area contributed by atoms with Crippen LogP contribution in [0, 0.1) is 0 Å². The molecule has 0 aromatic rings. The third kappa shape index (κ3) is 8.55. The summed E-state index contributed by atoms with van der Waals surface area (Å²) in [5.74, 6) is 0.565. The zero-order valence-electron chi connectivity index (χ0n) is 9.48. The van der Waals surface area contributed by atoms with E-state index in [-0.39, 0.29) is 0 Å². The number of ether oxygens (including phenoxy) is 1. The summed E-state index contributed by atoms with van der Waals surface area (Å²) in [5, 5.41) is 11.0. The molecule has 0 aromatic heterocycles. The zero-order chi connectivity index (χ0) is 12.2. The monoisotopic (exact) mass is 249 g/mol. The molecule has 1 amide bonds. The fraction of sp³-hybridized carbons (Fsp3) is 0.800. The Labute approximate surface area is 99.9 Å². The normalized spacial score (nSPS) is 12.1. The van der Waals surface area contributed by atoms with Gasteiger partial charge in [-0.05, 0) is 18.6 Å². The quantitative estimate of drug-likeness (QED) is 0.417. The predicted molar refractivity (Wildman–Crippen MR) is 63.7 cm³/mol. The molecule has 5 nitrogen and oxygen atoms in total. The van der Waals surface area contributed by atoms with E-state index in [1.54, 1.807) is 11.8 Å². The average Bonchev–Trinajstić information content (AvgIpc) is 2.26. The maximum Gasteiger partial charge on any atom is 0.326 e. The van der Waals surface area contributed by atoms with Gasteiger partial charge in [-0.1, -0.05) is 6.92 Å². The van der Waals surface area contributed by atoms with Gasteiger partial charge in [0.15, 0.2) is 0 Å². The molecular weight excluding hydrogens is 230 g/mol. The summed E-state index contributed by atoms with van der Waals surface area (Å²) < 4.78 is 5.28. The number of rotatable bonds is 11. The first-order valence-electron chi connectivity index (χ1n) is 5.30. The Kier molecular flexibility index (Phi) is 10.3. The van der Waals surface area contributed by atoms with Crippen LogP contribution in [0.3, 0.4) is 0 Å². The highest BCUT2D eigenvalue weighted by Crippen LogP contribution is 2.05. The second-order valence-electron chi connectivity index (χ2n) is 3.19. The van der Waals surface area contributed by atoms with Gasteiger partial charge in [0.05, 0.1) is 6.61 Å². The third-order valence-electron chi connectivity index (χ3n) is 1.84. The topological polar surface area (TPSA) is 75.6 Å². The number of thioether (sulfide) groups is 1. The number of nitrogens with one attached hydrogen (secondary N) is 1. The Morgan fingerprint density at radius 3 is 2.81 bits per heavy atom. The smallest absolute Gasteiger partial charge is 0.326 e. The maximum absolute atomic E-state index is 10.6. The van der Waals surface area contributed by atoms with Crippen molar-refractivity contribution in [1.82, 2.24) is 5.32 Å². The molecule has 0 spiro atoms. The number of hydrogen-bond donors (Lipinski definition) is 2. The van der Waals surface area contributed by atoms with Crippen LogP contribution in [0.2, 0.25) is 0 Å². The molecule has 1 atom stereocenters. The van der Waals surface area contributed by atoms with Gasteiger partial charge in [0, 0.05) is 12.4 Å². The molecule has 0 saturated carbocycles. The number of carbonyl (C=O) groups is 2. The van der Waals surface area contributed by atoms with E-state index in [4.69, 9.17) is 9.84 Å². The van der Waals surface area contributed by atoms with E-state index in [2.05, 4.69) is 12.2 Å². The molecule has 2 N–H and O–H groups in total. The van der Waals surface area contributed by atoms with Crippen LogP contribution in [0.15, 0.2) is 0 Å². The van der Waals surface area contributed by atoms with Gasteiger partial charge in [-0.25, -0.2) is 4.79 Å². The molecule has 1 unspecified atom stereocenters. The molecule has 0 radical (unpaired) electrons. The predicted octanol–water partition coefficient (Wildman–Crippen LogP) is 0.735. The van der Waals surface area contributed by atoms with Crippen LogP contribution in [0.5, 0.6) is 0 Å². The van der Waals surface area contributed by atoms with Gasteiger partial charge in [-0.15, -0.1) is 0 Å². The second kappa shape index (κ2) is 10.8. The molecule has 0 aromatic carbocycles. The third-order valence-corrected chi connectivity index (χ3v) is 2.82. The molecule has 6 heteroatoms. The van der Waals surface area contributed by atoms with Crippen molar-refractivity contribution in [1.29, 1.82) is 0 Å². The van der Waals surface area contributed by atoms with Crippen LogP contribution in [0.25, 0.3) is 0 Å². The van der Waals surface area contributed by atoms with Crippen LogP contribution in [0.1, 0.15) is 19.8 Å². The van der Waals surface area contributed by atoms with E-state index >= 15 is 0 Å². The van der Waals surface area contributed by atoms with E-state index in [1.807, 2.05) is 0 Å². The Hall–Kier alpha value is -0.750. The lowest BCUT2D eigenvalue weighted by molar-refractivity contribution is -0.140. The number of hydrogen-bond acceptors (Lipinski definition) is 4. The fourth-order valence-electron chi connectivity index (χ4n) is 1.03. The molecule has 0 bridgehead atoms. The number of carboxylic acids is 1. The highest BCUT2D eigenvalue weighted by Gasteiger charge is 2.14. The van der Waals surface area contributed by atoms with Gasteiger partial charge in [-0.2, -0.15) is 11.8 Å². The van der Waals surface area contributed by atoms with Crippen molar-refractivity contribution in [3.8, 4) is 0 Å². The van der Waals surface area contributed by atoms with Crippen LogP contribution in [-0.2, 0) is 14.3 Å². The van der Waals surface area contributed by atoms with Crippen LogP contribution in [-0.4, -0.2) is 48.2 Å². The minimum Gasteiger partial charge on any atom is -0.480 e. The molecule has 0 saturated heterocycles. The fourth-order valence-corrected chi connectivity index (χ4v) is 1.87. The first-order valence-corrected chi connectivity index (χ1v) is 6.45. The van der Waals surface area contributed by atoms with Gasteiger partial charge in [-0.3, -0.25) is 4.79 Å². The van der Waals surface area contributed by atoms with Crippen LogP contribution in [0.4, 0.5) is 0 Å². The minimum absolute atomic E-state index is 0.424. The average molecular weight is 249 g/mol. The van der Waals surface area contributed by atoms with E-state index in [9.17, 15) is 9.59 Å². The van der Waals surface area contributed by atoms with Gasteiger partial charge in [0.2, 0.25) is 6.41 Å². The zero-order valence-corrected chi connectivity index (χ0v) is 10.3. The van der Waals surface area contributed by atoms with Crippen molar-refractivity contribution in [3.05, 3.63) is 0 Å². The molecule has 0 aliphatic heterocycles. The molecule has 0 aliphatic carbocycles. The van der Waals surface area contributed by atoms with Gasteiger partial charge < -0.3 is 15.2 Å². The molecule has 16 heavy (non-hydrogen) atoms. The van der Waals surface area contributed by atoms with Crippen LogP contribution >= 0.6 is 11.8 Å². The molecule has 0 rings (SSSR count). The standard InChI is InChI=1S/C10H19NO4S/c1-2-4-15-5-7-16-6-3-9(10(13)14)11-8-12/h8-9H,2-7H2,1H3,(H,11,12)(H,13,14). The van der Waals surface area contributed by atoms with Crippen LogP contribution < -0.4 is 5.32 Å². The Balaban J connectivity index is 3.40. The minimum atomic E-state index is -0.991. The summed E-state index contributed by atoms with van der Waals surface area (Å²) in [4.78, 5) is 20.8. The van der Waals surface area contributed by atoms with Gasteiger partial charge in [0.1, 0.15) is 6.04 Å². The largest absolute Gasteiger partial charge is 0.480 e. The number of aliphatic carboxylic acids is 1. The van der Waals surface area contributed by atoms with Crippen molar-refractivity contribution in [2.75, 3.05) is 24.7 Å². The summed E-state index contributed by atoms with van der Waals surface area (Å²) in [6.45, 7) is 3.51.